The second kappa shape index (κ2) is 8.83. The number of hydrogen-bond donors (Lipinski definition) is 0. The van der Waals surface area contributed by atoms with Crippen LogP contribution in [0.1, 0.15) is 24.1 Å². The minimum absolute atomic E-state index is 0.707. The van der Waals surface area contributed by atoms with Gasteiger partial charge in [0.1, 0.15) is 8.07 Å². The largest absolute Gasteiger partial charge is 0.281 e. The number of aromatic nitrogens is 4. The Hall–Kier alpha value is -4.35. The lowest BCUT2D eigenvalue weighted by Gasteiger charge is -2.19. The average Bonchev–Trinajstić information content (AvgIpc) is 3.47. The van der Waals surface area contributed by atoms with Crippen molar-refractivity contribution in [3.8, 4) is 39.9 Å². The zero-order valence-electron chi connectivity index (χ0n) is 22.9. The summed E-state index contributed by atoms with van der Waals surface area (Å²) < 4.78 is 2.41. The number of benzene rings is 4. The Morgan fingerprint density at radius 1 is 0.625 bits per heavy atom. The van der Waals surface area contributed by atoms with Crippen LogP contribution in [0, 0.1) is 0 Å². The molecule has 0 radical (unpaired) electrons. The van der Waals surface area contributed by atoms with Gasteiger partial charge in [0.25, 0.3) is 0 Å². The molecule has 40 heavy (non-hydrogen) atoms. The van der Waals surface area contributed by atoms with E-state index in [0.717, 1.165) is 29.9 Å². The molecule has 1 aliphatic carbocycles. The Balaban J connectivity index is 1.49. The standard InChI is InChI=1S/C35H30N4Si/c1-40(2)29-20-12-10-18-27(29)31-30(40)22-21-26-25-17-9-11-19-28(25)39(32(26)31)35-37-33(23-13-5-3-6-14-23)36-34(38-35)24-15-7-4-8-16-24/h3-8,10,12-16,18,20-22H,9,11,17,19H2,1-2H3. The van der Waals surface area contributed by atoms with E-state index < -0.39 is 8.07 Å². The van der Waals surface area contributed by atoms with Gasteiger partial charge >= 0.3 is 0 Å². The molecule has 0 N–H and O–H groups in total. The molecule has 8 rings (SSSR count). The lowest BCUT2D eigenvalue weighted by Crippen LogP contribution is -2.49. The van der Waals surface area contributed by atoms with Crippen LogP contribution >= 0.6 is 0 Å². The highest BCUT2D eigenvalue weighted by atomic mass is 28.3. The summed E-state index contributed by atoms with van der Waals surface area (Å²) in [6, 6.07) is 34.5. The summed E-state index contributed by atoms with van der Waals surface area (Å²) in [6.07, 6.45) is 4.54. The number of fused-ring (bicyclic) bond motifs is 7. The van der Waals surface area contributed by atoms with Crippen molar-refractivity contribution in [3.05, 3.63) is 108 Å². The summed E-state index contributed by atoms with van der Waals surface area (Å²) in [7, 11) is -1.83. The summed E-state index contributed by atoms with van der Waals surface area (Å²) in [6.45, 7) is 4.97. The highest BCUT2D eigenvalue weighted by Gasteiger charge is 2.40. The molecule has 0 unspecified atom stereocenters. The van der Waals surface area contributed by atoms with Gasteiger partial charge in [-0.3, -0.25) is 4.57 Å². The molecule has 6 aromatic rings. The lowest BCUT2D eigenvalue weighted by molar-refractivity contribution is 0.661. The first-order valence-corrected chi connectivity index (χ1v) is 17.3. The fourth-order valence-corrected chi connectivity index (χ4v) is 9.99. The zero-order valence-corrected chi connectivity index (χ0v) is 23.9. The van der Waals surface area contributed by atoms with Crippen molar-refractivity contribution in [1.29, 1.82) is 0 Å². The minimum atomic E-state index is -1.83. The highest BCUT2D eigenvalue weighted by Crippen LogP contribution is 2.41. The monoisotopic (exact) mass is 534 g/mol. The van der Waals surface area contributed by atoms with E-state index in [1.54, 1.807) is 0 Å². The van der Waals surface area contributed by atoms with Crippen LogP contribution in [-0.4, -0.2) is 27.6 Å². The summed E-state index contributed by atoms with van der Waals surface area (Å²) in [4.78, 5) is 15.4. The molecule has 4 aromatic carbocycles. The molecular weight excluding hydrogens is 504 g/mol. The van der Waals surface area contributed by atoms with Gasteiger partial charge in [0.05, 0.1) is 5.52 Å². The molecule has 0 amide bonds. The Kier molecular flexibility index (Phi) is 5.19. The van der Waals surface area contributed by atoms with Crippen LogP contribution in [0.15, 0.2) is 97.1 Å². The molecule has 5 heteroatoms. The van der Waals surface area contributed by atoms with Crippen molar-refractivity contribution < 1.29 is 0 Å². The van der Waals surface area contributed by atoms with Gasteiger partial charge < -0.3 is 0 Å². The van der Waals surface area contributed by atoms with Crippen molar-refractivity contribution in [3.63, 3.8) is 0 Å². The smallest absolute Gasteiger partial charge is 0.238 e. The summed E-state index contributed by atoms with van der Waals surface area (Å²) >= 11 is 0. The maximum absolute atomic E-state index is 5.20. The SMILES string of the molecule is C[Si]1(C)c2ccccc2-c2c1ccc1c3c(n(-c4nc(-c5ccccc5)nc(-c5ccccc5)n4)c21)CCCC3. The molecule has 2 aliphatic rings. The van der Waals surface area contributed by atoms with Crippen LogP contribution in [0.4, 0.5) is 0 Å². The average molecular weight is 535 g/mol. The van der Waals surface area contributed by atoms with Crippen molar-refractivity contribution in [1.82, 2.24) is 19.5 Å². The van der Waals surface area contributed by atoms with Gasteiger partial charge in [-0.15, -0.1) is 0 Å². The third-order valence-electron chi connectivity index (χ3n) is 8.87. The molecule has 194 valence electrons. The van der Waals surface area contributed by atoms with Gasteiger partial charge in [0.15, 0.2) is 11.6 Å². The van der Waals surface area contributed by atoms with Crippen LogP contribution in [-0.2, 0) is 12.8 Å². The maximum atomic E-state index is 5.20. The summed E-state index contributed by atoms with van der Waals surface area (Å²) in [5.74, 6) is 2.13. The fourth-order valence-electron chi connectivity index (χ4n) is 6.93. The first kappa shape index (κ1) is 23.5. The molecule has 3 heterocycles. The Bertz CT molecular complexity index is 1870. The predicted octanol–water partition coefficient (Wildman–Crippen LogP) is 6.83. The van der Waals surface area contributed by atoms with Gasteiger partial charge in [-0.05, 0) is 47.2 Å². The van der Waals surface area contributed by atoms with E-state index in [1.807, 2.05) is 36.4 Å². The van der Waals surface area contributed by atoms with Crippen molar-refractivity contribution in [2.45, 2.75) is 38.8 Å². The van der Waals surface area contributed by atoms with Crippen molar-refractivity contribution >= 4 is 29.4 Å². The number of aryl methyl sites for hydroxylation is 1. The second-order valence-electron chi connectivity index (χ2n) is 11.5. The van der Waals surface area contributed by atoms with Gasteiger partial charge in [-0.25, -0.2) is 4.98 Å². The van der Waals surface area contributed by atoms with Crippen LogP contribution in [0.5, 0.6) is 0 Å². The van der Waals surface area contributed by atoms with Gasteiger partial charge in [-0.1, -0.05) is 110 Å². The quantitative estimate of drug-likeness (QED) is 0.234. The van der Waals surface area contributed by atoms with Gasteiger partial charge in [0, 0.05) is 27.8 Å². The number of nitrogens with zero attached hydrogens (tertiary/aromatic N) is 4. The Labute approximate surface area is 235 Å². The topological polar surface area (TPSA) is 43.6 Å². The molecule has 1 aliphatic heterocycles. The molecule has 0 saturated carbocycles. The normalized spacial score (nSPS) is 15.1. The third kappa shape index (κ3) is 3.40. The van der Waals surface area contributed by atoms with Crippen LogP contribution in [0.2, 0.25) is 13.1 Å². The molecule has 4 nitrogen and oxygen atoms in total. The first-order valence-electron chi connectivity index (χ1n) is 14.3. The van der Waals surface area contributed by atoms with Gasteiger partial charge in [0.2, 0.25) is 5.95 Å². The fraction of sp³-hybridized carbons (Fsp3) is 0.171. The molecule has 2 aromatic heterocycles. The highest BCUT2D eigenvalue weighted by molar-refractivity contribution is 7.04. The predicted molar refractivity (Wildman–Crippen MR) is 166 cm³/mol. The Morgan fingerprint density at radius 2 is 1.25 bits per heavy atom. The minimum Gasteiger partial charge on any atom is -0.281 e. The summed E-state index contributed by atoms with van der Waals surface area (Å²) in [5, 5.41) is 4.39. The van der Waals surface area contributed by atoms with Gasteiger partial charge in [-0.2, -0.15) is 9.97 Å². The second-order valence-corrected chi connectivity index (χ2v) is 15.9. The summed E-state index contributed by atoms with van der Waals surface area (Å²) in [5.41, 5.74) is 8.88. The van der Waals surface area contributed by atoms with E-state index in [0.29, 0.717) is 11.6 Å². The molecule has 0 spiro atoms. The van der Waals surface area contributed by atoms with E-state index in [9.17, 15) is 0 Å². The Morgan fingerprint density at radius 3 is 1.95 bits per heavy atom. The van der Waals surface area contributed by atoms with Crippen molar-refractivity contribution in [2.24, 2.45) is 0 Å². The molecular formula is C35H30N4Si. The van der Waals surface area contributed by atoms with E-state index >= 15 is 0 Å². The maximum Gasteiger partial charge on any atom is 0.238 e. The van der Waals surface area contributed by atoms with E-state index in [1.165, 1.54) is 56.5 Å². The van der Waals surface area contributed by atoms with Crippen molar-refractivity contribution in [2.75, 3.05) is 0 Å². The van der Waals surface area contributed by atoms with Crippen LogP contribution < -0.4 is 10.4 Å². The molecule has 0 fully saturated rings. The molecule has 0 bridgehead atoms. The van der Waals surface area contributed by atoms with E-state index in [2.05, 4.69) is 78.3 Å². The van der Waals surface area contributed by atoms with Crippen LogP contribution in [0.3, 0.4) is 0 Å². The molecule has 0 atom stereocenters. The van der Waals surface area contributed by atoms with E-state index in [4.69, 9.17) is 15.0 Å². The number of hydrogen-bond acceptors (Lipinski definition) is 3. The third-order valence-corrected chi connectivity index (χ3v) is 12.4. The number of rotatable bonds is 3. The zero-order chi connectivity index (χ0) is 26.8. The molecule has 0 saturated heterocycles. The lowest BCUT2D eigenvalue weighted by atomic mass is 9.94. The van der Waals surface area contributed by atoms with Crippen LogP contribution in [0.25, 0.3) is 50.8 Å². The van der Waals surface area contributed by atoms with E-state index in [-0.39, 0.29) is 0 Å². The first-order chi connectivity index (χ1) is 19.6.